The molecular weight excluding hydrogens is 430 g/mol. The molecule has 0 amide bonds. The number of carbonyl (C=O) groups is 1. The minimum absolute atomic E-state index is 0.206. The second-order valence-corrected chi connectivity index (χ2v) is 12.5. The van der Waals surface area contributed by atoms with Crippen LogP contribution in [0.25, 0.3) is 0 Å². The van der Waals surface area contributed by atoms with Gasteiger partial charge in [-0.25, -0.2) is 13.2 Å². The zero-order valence-corrected chi connectivity index (χ0v) is 18.6. The number of carbonyl (C=O) groups excluding carboxylic acids is 1. The molecule has 30 heavy (non-hydrogen) atoms. The average Bonchev–Trinajstić information content (AvgIpc) is 2.70. The number of benzene rings is 2. The van der Waals surface area contributed by atoms with Crippen molar-refractivity contribution in [3.05, 3.63) is 71.8 Å². The van der Waals surface area contributed by atoms with Gasteiger partial charge in [0, 0.05) is 13.7 Å². The molecule has 0 N–H and O–H groups in total. The van der Waals surface area contributed by atoms with Gasteiger partial charge in [0.2, 0.25) is 0 Å². The van der Waals surface area contributed by atoms with Crippen LogP contribution in [0.5, 0.6) is 0 Å². The average molecular weight is 456 g/mol. The molecule has 10 heteroatoms. The summed E-state index contributed by atoms with van der Waals surface area (Å²) in [5.41, 5.74) is 1.11. The Kier molecular flexibility index (Phi) is 8.13. The number of ether oxygens (including phenoxy) is 2. The summed E-state index contributed by atoms with van der Waals surface area (Å²) in [7, 11) is -7.91. The van der Waals surface area contributed by atoms with E-state index in [0.717, 1.165) is 4.31 Å². The van der Waals surface area contributed by atoms with Crippen LogP contribution in [0, 0.1) is 0 Å². The standard InChI is InChI=1S/C20H25NO7S2/c1-16(20(28-19(22)15-27-2)18-12-8-5-9-13-18)21(30(25,26)29(3,23)24)14-17-10-6-4-7-11-17/h4-13,16,20H,14-15H2,1-3H3/t16-,20-/m0/s1. The molecule has 0 saturated carbocycles. The highest BCUT2D eigenvalue weighted by Crippen LogP contribution is 2.30. The van der Waals surface area contributed by atoms with E-state index in [-0.39, 0.29) is 13.2 Å². The number of hydrogen-bond acceptors (Lipinski definition) is 7. The molecule has 2 rings (SSSR count). The van der Waals surface area contributed by atoms with Gasteiger partial charge in [0.05, 0.1) is 12.3 Å². The van der Waals surface area contributed by atoms with E-state index in [2.05, 4.69) is 0 Å². The van der Waals surface area contributed by atoms with E-state index in [9.17, 15) is 21.6 Å². The lowest BCUT2D eigenvalue weighted by molar-refractivity contribution is -0.156. The minimum Gasteiger partial charge on any atom is -0.454 e. The van der Waals surface area contributed by atoms with E-state index in [4.69, 9.17) is 9.47 Å². The lowest BCUT2D eigenvalue weighted by Crippen LogP contribution is -2.45. The van der Waals surface area contributed by atoms with Crippen molar-refractivity contribution in [3.63, 3.8) is 0 Å². The fraction of sp³-hybridized carbons (Fsp3) is 0.350. The summed E-state index contributed by atoms with van der Waals surface area (Å²) in [6, 6.07) is 16.1. The third-order valence-electron chi connectivity index (χ3n) is 4.39. The molecular formula is C20H25NO7S2. The van der Waals surface area contributed by atoms with Gasteiger partial charge in [-0.1, -0.05) is 60.7 Å². The van der Waals surface area contributed by atoms with Crippen LogP contribution in [-0.2, 0) is 38.7 Å². The largest absolute Gasteiger partial charge is 0.454 e. The fourth-order valence-corrected chi connectivity index (χ4v) is 5.68. The molecule has 0 aliphatic carbocycles. The molecule has 0 spiro atoms. The molecule has 2 aromatic rings. The van der Waals surface area contributed by atoms with E-state index < -0.39 is 36.0 Å². The summed E-state index contributed by atoms with van der Waals surface area (Å²) in [5.74, 6) is -0.699. The zero-order chi connectivity index (χ0) is 22.4. The molecule has 0 bridgehead atoms. The number of methoxy groups -OCH3 is 1. The van der Waals surface area contributed by atoms with Crippen LogP contribution in [0.3, 0.4) is 0 Å². The first kappa shape index (κ1) is 24.0. The lowest BCUT2D eigenvalue weighted by atomic mass is 10.0. The first-order chi connectivity index (χ1) is 14.1. The first-order valence-electron chi connectivity index (χ1n) is 9.07. The second-order valence-electron chi connectivity index (χ2n) is 6.69. The van der Waals surface area contributed by atoms with Crippen LogP contribution in [0.4, 0.5) is 0 Å². The van der Waals surface area contributed by atoms with Crippen molar-refractivity contribution in [3.8, 4) is 0 Å². The summed E-state index contributed by atoms with van der Waals surface area (Å²) in [6.45, 7) is 0.972. The Balaban J connectivity index is 2.53. The molecule has 0 saturated heterocycles. The highest BCUT2D eigenvalue weighted by molar-refractivity contribution is 8.66. The van der Waals surface area contributed by atoms with Gasteiger partial charge in [-0.3, -0.25) is 0 Å². The Hall–Kier alpha value is -2.27. The van der Waals surface area contributed by atoms with Crippen molar-refractivity contribution in [1.82, 2.24) is 4.31 Å². The van der Waals surface area contributed by atoms with E-state index in [0.29, 0.717) is 17.4 Å². The van der Waals surface area contributed by atoms with Crippen molar-refractivity contribution in [2.75, 3.05) is 20.0 Å². The quantitative estimate of drug-likeness (QED) is 0.399. The van der Waals surface area contributed by atoms with Crippen LogP contribution < -0.4 is 0 Å². The van der Waals surface area contributed by atoms with E-state index in [1.807, 2.05) is 0 Å². The summed E-state index contributed by atoms with van der Waals surface area (Å²) >= 11 is 0. The lowest BCUT2D eigenvalue weighted by Gasteiger charge is -2.33. The third-order valence-corrected chi connectivity index (χ3v) is 9.06. The van der Waals surface area contributed by atoms with Gasteiger partial charge in [0.1, 0.15) is 12.7 Å². The van der Waals surface area contributed by atoms with Crippen LogP contribution >= 0.6 is 0 Å². The highest BCUT2D eigenvalue weighted by atomic mass is 33.2. The predicted molar refractivity (Wildman–Crippen MR) is 112 cm³/mol. The molecule has 0 unspecified atom stereocenters. The Morgan fingerprint density at radius 3 is 2.00 bits per heavy atom. The van der Waals surface area contributed by atoms with Crippen molar-refractivity contribution >= 4 is 23.9 Å². The molecule has 8 nitrogen and oxygen atoms in total. The molecule has 2 aromatic carbocycles. The number of rotatable bonds is 10. The van der Waals surface area contributed by atoms with Gasteiger partial charge < -0.3 is 9.47 Å². The van der Waals surface area contributed by atoms with Gasteiger partial charge >= 0.3 is 15.0 Å². The molecule has 0 radical (unpaired) electrons. The monoisotopic (exact) mass is 455 g/mol. The van der Waals surface area contributed by atoms with Crippen LogP contribution in [0.1, 0.15) is 24.2 Å². The summed E-state index contributed by atoms with van der Waals surface area (Å²) in [5, 5.41) is 0. The molecule has 0 aromatic heterocycles. The van der Waals surface area contributed by atoms with Gasteiger partial charge in [-0.05, 0) is 18.1 Å². The second kappa shape index (κ2) is 10.2. The highest BCUT2D eigenvalue weighted by Gasteiger charge is 2.40. The smallest absolute Gasteiger partial charge is 0.332 e. The number of esters is 1. The molecule has 2 atom stereocenters. The van der Waals surface area contributed by atoms with Crippen molar-refractivity contribution < 1.29 is 31.1 Å². The van der Waals surface area contributed by atoms with Crippen molar-refractivity contribution in [1.29, 1.82) is 0 Å². The SMILES string of the molecule is COCC(=O)O[C@H](c1ccccc1)[C@H](C)N(Cc1ccccc1)S(=O)(=O)S(C)(=O)=O. The van der Waals surface area contributed by atoms with Gasteiger partial charge in [0.25, 0.3) is 8.87 Å². The molecule has 0 fully saturated rings. The van der Waals surface area contributed by atoms with Crippen LogP contribution in [0.15, 0.2) is 60.7 Å². The predicted octanol–water partition coefficient (Wildman–Crippen LogP) is 2.10. The fourth-order valence-electron chi connectivity index (χ4n) is 2.90. The Morgan fingerprint density at radius 1 is 0.967 bits per heavy atom. The molecule has 0 aliphatic rings. The summed E-state index contributed by atoms with van der Waals surface area (Å²) < 4.78 is 61.2. The van der Waals surface area contributed by atoms with Crippen molar-refractivity contribution in [2.24, 2.45) is 0 Å². The maximum absolute atomic E-state index is 12.9. The molecule has 0 heterocycles. The Labute approximate surface area is 176 Å². The number of nitrogens with zero attached hydrogens (tertiary/aromatic N) is 1. The maximum Gasteiger partial charge on any atom is 0.332 e. The molecule has 164 valence electrons. The summed E-state index contributed by atoms with van der Waals surface area (Å²) in [4.78, 5) is 12.1. The van der Waals surface area contributed by atoms with Gasteiger partial charge in [-0.15, -0.1) is 0 Å². The van der Waals surface area contributed by atoms with Crippen molar-refractivity contribution in [2.45, 2.75) is 25.6 Å². The normalized spacial score (nSPS) is 14.3. The first-order valence-corrected chi connectivity index (χ1v) is 12.9. The molecule has 0 aliphatic heterocycles. The van der Waals surface area contributed by atoms with E-state index in [1.54, 1.807) is 60.7 Å². The summed E-state index contributed by atoms with van der Waals surface area (Å²) in [6.07, 6.45) is -0.407. The Bertz CT molecular complexity index is 1040. The van der Waals surface area contributed by atoms with Crippen LogP contribution in [0.2, 0.25) is 0 Å². The maximum atomic E-state index is 12.9. The topological polar surface area (TPSA) is 107 Å². The minimum atomic E-state index is -4.75. The Morgan fingerprint density at radius 2 is 1.50 bits per heavy atom. The van der Waals surface area contributed by atoms with Gasteiger partial charge in [-0.2, -0.15) is 12.7 Å². The van der Waals surface area contributed by atoms with Gasteiger partial charge in [0.15, 0.2) is 0 Å². The van der Waals surface area contributed by atoms with E-state index in [1.165, 1.54) is 14.0 Å². The van der Waals surface area contributed by atoms with E-state index >= 15 is 0 Å². The third kappa shape index (κ3) is 5.88. The van der Waals surface area contributed by atoms with Crippen LogP contribution in [-0.4, -0.2) is 53.1 Å². The number of hydrogen-bond donors (Lipinski definition) is 0. The zero-order valence-electron chi connectivity index (χ0n) is 17.0.